The molecule has 90 valence electrons. The van der Waals surface area contributed by atoms with Crippen molar-refractivity contribution in [1.29, 1.82) is 0 Å². The van der Waals surface area contributed by atoms with Gasteiger partial charge in [0.25, 0.3) is 0 Å². The average Bonchev–Trinajstić information content (AvgIpc) is 2.96. The molecule has 0 unspecified atom stereocenters. The first-order chi connectivity index (χ1) is 8.65. The van der Waals surface area contributed by atoms with Crippen molar-refractivity contribution in [2.24, 2.45) is 0 Å². The van der Waals surface area contributed by atoms with Gasteiger partial charge in [0, 0.05) is 18.0 Å². The molecular formula is C12H10N4O2. The highest BCUT2D eigenvalue weighted by Gasteiger charge is 2.13. The molecule has 3 rings (SSSR count). The van der Waals surface area contributed by atoms with E-state index < -0.39 is 5.97 Å². The molecule has 0 bridgehead atoms. The van der Waals surface area contributed by atoms with E-state index in [1.54, 1.807) is 6.20 Å². The third kappa shape index (κ3) is 1.55. The first-order valence-corrected chi connectivity index (χ1v) is 5.39. The van der Waals surface area contributed by atoms with Crippen LogP contribution in [0.4, 0.5) is 0 Å². The zero-order valence-electron chi connectivity index (χ0n) is 9.58. The number of hydrogen-bond acceptors (Lipinski definition) is 3. The molecular weight excluding hydrogens is 232 g/mol. The molecule has 0 aliphatic rings. The van der Waals surface area contributed by atoms with Crippen LogP contribution in [-0.2, 0) is 0 Å². The van der Waals surface area contributed by atoms with E-state index in [0.717, 1.165) is 17.1 Å². The molecule has 0 aliphatic carbocycles. The van der Waals surface area contributed by atoms with Gasteiger partial charge >= 0.3 is 5.97 Å². The Morgan fingerprint density at radius 1 is 1.44 bits per heavy atom. The summed E-state index contributed by atoms with van der Waals surface area (Å²) < 4.78 is 1.53. The summed E-state index contributed by atoms with van der Waals surface area (Å²) in [5, 5.41) is 13.0. The van der Waals surface area contributed by atoms with Crippen LogP contribution in [-0.4, -0.2) is 30.7 Å². The van der Waals surface area contributed by atoms with Crippen LogP contribution in [0.1, 0.15) is 16.2 Å². The number of hydrogen-bond donors (Lipinski definition) is 2. The van der Waals surface area contributed by atoms with E-state index in [2.05, 4.69) is 15.1 Å². The quantitative estimate of drug-likeness (QED) is 0.716. The highest BCUT2D eigenvalue weighted by atomic mass is 16.4. The molecule has 0 amide bonds. The number of fused-ring (bicyclic) bond motifs is 1. The molecule has 18 heavy (non-hydrogen) atoms. The van der Waals surface area contributed by atoms with Gasteiger partial charge in [-0.1, -0.05) is 0 Å². The number of carboxylic acid groups (broad SMARTS) is 1. The molecule has 0 spiro atoms. The summed E-state index contributed by atoms with van der Waals surface area (Å²) >= 11 is 0. The maximum Gasteiger partial charge on any atom is 0.356 e. The Labute approximate surface area is 102 Å². The number of nitrogens with one attached hydrogen (secondary N) is 1. The van der Waals surface area contributed by atoms with Crippen molar-refractivity contribution in [3.8, 4) is 11.4 Å². The fourth-order valence-corrected chi connectivity index (χ4v) is 1.89. The van der Waals surface area contributed by atoms with Gasteiger partial charge in [-0.25, -0.2) is 14.3 Å². The smallest absolute Gasteiger partial charge is 0.356 e. The van der Waals surface area contributed by atoms with Gasteiger partial charge in [0.1, 0.15) is 0 Å². The fraction of sp³-hybridized carbons (Fsp3) is 0.0833. The van der Waals surface area contributed by atoms with Gasteiger partial charge < -0.3 is 10.1 Å². The van der Waals surface area contributed by atoms with Crippen LogP contribution in [0.25, 0.3) is 17.0 Å². The van der Waals surface area contributed by atoms with Crippen LogP contribution in [0.5, 0.6) is 0 Å². The summed E-state index contributed by atoms with van der Waals surface area (Å²) in [6.07, 6.45) is 1.80. The summed E-state index contributed by atoms with van der Waals surface area (Å²) in [7, 11) is 0. The number of aromatic carboxylic acids is 1. The molecule has 6 nitrogen and oxygen atoms in total. The molecule has 3 aromatic heterocycles. The van der Waals surface area contributed by atoms with Gasteiger partial charge in [0.05, 0.1) is 11.4 Å². The minimum Gasteiger partial charge on any atom is -0.476 e. The normalized spacial score (nSPS) is 10.9. The van der Waals surface area contributed by atoms with Crippen molar-refractivity contribution < 1.29 is 9.90 Å². The number of aromatic amines is 1. The average molecular weight is 242 g/mol. The highest BCUT2D eigenvalue weighted by Crippen LogP contribution is 2.19. The van der Waals surface area contributed by atoms with Gasteiger partial charge in [-0.05, 0) is 25.1 Å². The Bertz CT molecular complexity index is 728. The minimum atomic E-state index is -1.06. The van der Waals surface area contributed by atoms with Crippen LogP contribution in [0, 0.1) is 6.92 Å². The molecule has 3 aromatic rings. The van der Waals surface area contributed by atoms with Gasteiger partial charge in [-0.15, -0.1) is 0 Å². The molecule has 0 aliphatic heterocycles. The predicted molar refractivity (Wildman–Crippen MR) is 64.5 cm³/mol. The van der Waals surface area contributed by atoms with Crippen LogP contribution < -0.4 is 0 Å². The Balaban J connectivity index is 2.33. The maximum atomic E-state index is 10.9. The lowest BCUT2D eigenvalue weighted by Gasteiger charge is -2.03. The van der Waals surface area contributed by atoms with Crippen LogP contribution in [0.2, 0.25) is 0 Å². The van der Waals surface area contributed by atoms with Gasteiger partial charge in [0.15, 0.2) is 11.3 Å². The Morgan fingerprint density at radius 2 is 2.28 bits per heavy atom. The van der Waals surface area contributed by atoms with Crippen molar-refractivity contribution in [1.82, 2.24) is 19.6 Å². The number of carboxylic acids is 1. The topological polar surface area (TPSA) is 83.3 Å². The first kappa shape index (κ1) is 10.5. The SMILES string of the molecule is Cc1cc(-c2ccc[nH]2)n2nc(C(=O)O)cc2n1. The van der Waals surface area contributed by atoms with Gasteiger partial charge in [0.2, 0.25) is 0 Å². The molecule has 0 atom stereocenters. The zero-order chi connectivity index (χ0) is 12.7. The lowest BCUT2D eigenvalue weighted by atomic mass is 10.2. The fourth-order valence-electron chi connectivity index (χ4n) is 1.89. The van der Waals surface area contributed by atoms with Crippen molar-refractivity contribution >= 4 is 11.6 Å². The Morgan fingerprint density at radius 3 is 2.94 bits per heavy atom. The van der Waals surface area contributed by atoms with E-state index in [4.69, 9.17) is 5.11 Å². The standard InChI is InChI=1S/C12H10N4O2/c1-7-5-10(8-3-2-4-13-8)16-11(14-7)6-9(15-16)12(17)18/h2-6,13H,1H3,(H,17,18). The molecule has 0 saturated heterocycles. The molecule has 0 fully saturated rings. The second-order valence-corrected chi connectivity index (χ2v) is 3.97. The van der Waals surface area contributed by atoms with E-state index >= 15 is 0 Å². The van der Waals surface area contributed by atoms with Crippen LogP contribution in [0.15, 0.2) is 30.5 Å². The lowest BCUT2D eigenvalue weighted by Crippen LogP contribution is -2.00. The molecule has 2 N–H and O–H groups in total. The molecule has 6 heteroatoms. The number of nitrogens with zero attached hydrogens (tertiary/aromatic N) is 3. The monoisotopic (exact) mass is 242 g/mol. The van der Waals surface area contributed by atoms with E-state index in [0.29, 0.717) is 5.65 Å². The Kier molecular flexibility index (Phi) is 2.16. The third-order valence-electron chi connectivity index (χ3n) is 2.65. The molecule has 0 saturated carbocycles. The third-order valence-corrected chi connectivity index (χ3v) is 2.65. The number of carbonyl (C=O) groups is 1. The lowest BCUT2D eigenvalue weighted by molar-refractivity contribution is 0.0690. The van der Waals surface area contributed by atoms with E-state index in [1.165, 1.54) is 10.6 Å². The summed E-state index contributed by atoms with van der Waals surface area (Å²) in [5.74, 6) is -1.06. The summed E-state index contributed by atoms with van der Waals surface area (Å²) in [5.41, 5.74) is 2.97. The van der Waals surface area contributed by atoms with Crippen molar-refractivity contribution in [2.75, 3.05) is 0 Å². The number of H-pyrrole nitrogens is 1. The minimum absolute atomic E-state index is 0.0130. The van der Waals surface area contributed by atoms with Crippen molar-refractivity contribution in [3.05, 3.63) is 41.9 Å². The maximum absolute atomic E-state index is 10.9. The van der Waals surface area contributed by atoms with Crippen LogP contribution in [0.3, 0.4) is 0 Å². The summed E-state index contributed by atoms with van der Waals surface area (Å²) in [6, 6.07) is 7.09. The first-order valence-electron chi connectivity index (χ1n) is 5.39. The molecule has 0 aromatic carbocycles. The number of aromatic nitrogens is 4. The van der Waals surface area contributed by atoms with E-state index in [1.807, 2.05) is 25.1 Å². The van der Waals surface area contributed by atoms with Crippen molar-refractivity contribution in [2.45, 2.75) is 6.92 Å². The zero-order valence-corrected chi connectivity index (χ0v) is 9.58. The Hall–Kier alpha value is -2.63. The summed E-state index contributed by atoms with van der Waals surface area (Å²) in [4.78, 5) is 18.3. The predicted octanol–water partition coefficient (Wildman–Crippen LogP) is 1.73. The van der Waals surface area contributed by atoms with E-state index in [-0.39, 0.29) is 5.69 Å². The highest BCUT2D eigenvalue weighted by molar-refractivity contribution is 5.86. The van der Waals surface area contributed by atoms with Gasteiger partial charge in [-0.2, -0.15) is 5.10 Å². The molecule has 3 heterocycles. The largest absolute Gasteiger partial charge is 0.476 e. The second-order valence-electron chi connectivity index (χ2n) is 3.97. The second kappa shape index (κ2) is 3.69. The van der Waals surface area contributed by atoms with Crippen LogP contribution >= 0.6 is 0 Å². The number of rotatable bonds is 2. The summed E-state index contributed by atoms with van der Waals surface area (Å²) in [6.45, 7) is 1.86. The number of aryl methyl sites for hydroxylation is 1. The van der Waals surface area contributed by atoms with Crippen molar-refractivity contribution in [3.63, 3.8) is 0 Å². The molecule has 0 radical (unpaired) electrons. The van der Waals surface area contributed by atoms with E-state index in [9.17, 15) is 4.79 Å². The van der Waals surface area contributed by atoms with Gasteiger partial charge in [-0.3, -0.25) is 0 Å².